The summed E-state index contributed by atoms with van der Waals surface area (Å²) in [5, 5.41) is 1.66. The maximum absolute atomic E-state index is 12.7. The van der Waals surface area contributed by atoms with Gasteiger partial charge in [-0.25, -0.2) is 17.5 Å². The van der Waals surface area contributed by atoms with Crippen molar-refractivity contribution in [1.29, 1.82) is 0 Å². The number of carbonyl (C=O) groups excluding carboxylic acids is 1. The molecule has 0 atom stereocenters. The Morgan fingerprint density at radius 3 is 2.59 bits per heavy atom. The van der Waals surface area contributed by atoms with Crippen molar-refractivity contribution in [3.8, 4) is 0 Å². The number of esters is 1. The lowest BCUT2D eigenvalue weighted by atomic mass is 10.2. The van der Waals surface area contributed by atoms with Gasteiger partial charge in [-0.3, -0.25) is 4.79 Å². The van der Waals surface area contributed by atoms with Gasteiger partial charge in [0, 0.05) is 6.54 Å². The van der Waals surface area contributed by atoms with Crippen LogP contribution in [0.4, 0.5) is 4.39 Å². The van der Waals surface area contributed by atoms with Crippen LogP contribution in [0.15, 0.2) is 46.0 Å². The molecule has 1 aromatic carbocycles. The van der Waals surface area contributed by atoms with E-state index in [-0.39, 0.29) is 29.6 Å². The first kappa shape index (κ1) is 16.6. The van der Waals surface area contributed by atoms with Crippen molar-refractivity contribution in [2.24, 2.45) is 0 Å². The van der Waals surface area contributed by atoms with Crippen LogP contribution in [0.5, 0.6) is 0 Å². The Bertz CT molecular complexity index is 712. The van der Waals surface area contributed by atoms with Crippen molar-refractivity contribution in [3.05, 3.63) is 53.2 Å². The number of sulfonamides is 1. The van der Waals surface area contributed by atoms with E-state index in [1.54, 1.807) is 11.4 Å². The molecule has 0 saturated carbocycles. The van der Waals surface area contributed by atoms with Gasteiger partial charge >= 0.3 is 5.97 Å². The molecule has 1 aromatic heterocycles. The number of rotatable bonds is 7. The average molecular weight is 343 g/mol. The standard InChI is InChI=1S/C14H14FNO4S2/c15-12-5-3-11(4-6-12)10-20-13(17)7-8-16-22(18,19)14-2-1-9-21-14/h1-6,9,16H,7-8,10H2. The van der Waals surface area contributed by atoms with Crippen LogP contribution in [-0.4, -0.2) is 20.9 Å². The summed E-state index contributed by atoms with van der Waals surface area (Å²) in [4.78, 5) is 11.5. The van der Waals surface area contributed by atoms with Crippen LogP contribution in [0.2, 0.25) is 0 Å². The van der Waals surface area contributed by atoms with Crippen molar-refractivity contribution >= 4 is 27.3 Å². The van der Waals surface area contributed by atoms with Crippen molar-refractivity contribution in [3.63, 3.8) is 0 Å². The normalized spacial score (nSPS) is 11.3. The summed E-state index contributed by atoms with van der Waals surface area (Å²) < 4.78 is 43.8. The zero-order valence-corrected chi connectivity index (χ0v) is 13.1. The SMILES string of the molecule is O=C(CCNS(=O)(=O)c1cccs1)OCc1ccc(F)cc1. The molecule has 2 rings (SSSR count). The van der Waals surface area contributed by atoms with E-state index >= 15 is 0 Å². The van der Waals surface area contributed by atoms with Gasteiger partial charge in [0.2, 0.25) is 10.0 Å². The Labute approximate surface area is 131 Å². The average Bonchev–Trinajstić information content (AvgIpc) is 3.01. The van der Waals surface area contributed by atoms with Gasteiger partial charge < -0.3 is 4.74 Å². The lowest BCUT2D eigenvalue weighted by molar-refractivity contribution is -0.144. The fraction of sp³-hybridized carbons (Fsp3) is 0.214. The van der Waals surface area contributed by atoms with Crippen LogP contribution in [0, 0.1) is 5.82 Å². The van der Waals surface area contributed by atoms with Crippen LogP contribution in [0.3, 0.4) is 0 Å². The Morgan fingerprint density at radius 2 is 1.95 bits per heavy atom. The molecule has 22 heavy (non-hydrogen) atoms. The highest BCUT2D eigenvalue weighted by Crippen LogP contribution is 2.15. The monoisotopic (exact) mass is 343 g/mol. The topological polar surface area (TPSA) is 72.5 Å². The third-order valence-corrected chi connectivity index (χ3v) is 5.55. The first-order valence-corrected chi connectivity index (χ1v) is 8.77. The maximum atomic E-state index is 12.7. The molecule has 118 valence electrons. The maximum Gasteiger partial charge on any atom is 0.307 e. The zero-order chi connectivity index (χ0) is 16.0. The molecular formula is C14H14FNO4S2. The first-order valence-electron chi connectivity index (χ1n) is 6.40. The number of benzene rings is 1. The van der Waals surface area contributed by atoms with Gasteiger partial charge in [0.25, 0.3) is 0 Å². The smallest absolute Gasteiger partial charge is 0.307 e. The van der Waals surface area contributed by atoms with Gasteiger partial charge in [-0.1, -0.05) is 18.2 Å². The molecule has 0 fully saturated rings. The van der Waals surface area contributed by atoms with Gasteiger partial charge in [0.05, 0.1) is 6.42 Å². The summed E-state index contributed by atoms with van der Waals surface area (Å²) in [6.07, 6.45) is -0.0776. The predicted octanol–water partition coefficient (Wildman–Crippen LogP) is 2.30. The van der Waals surface area contributed by atoms with E-state index in [0.29, 0.717) is 5.56 Å². The van der Waals surface area contributed by atoms with Crippen molar-refractivity contribution in [1.82, 2.24) is 4.72 Å². The number of carbonyl (C=O) groups is 1. The lowest BCUT2D eigenvalue weighted by Gasteiger charge is -2.06. The van der Waals surface area contributed by atoms with E-state index < -0.39 is 16.0 Å². The molecule has 0 radical (unpaired) electrons. The van der Waals surface area contributed by atoms with Crippen LogP contribution >= 0.6 is 11.3 Å². The molecule has 0 unspecified atom stereocenters. The van der Waals surface area contributed by atoms with E-state index in [9.17, 15) is 17.6 Å². The highest BCUT2D eigenvalue weighted by Gasteiger charge is 2.15. The molecule has 0 bridgehead atoms. The molecule has 0 aliphatic heterocycles. The van der Waals surface area contributed by atoms with Crippen LogP contribution in [0.25, 0.3) is 0 Å². The fourth-order valence-corrected chi connectivity index (χ4v) is 3.66. The summed E-state index contributed by atoms with van der Waals surface area (Å²) in [5.74, 6) is -0.892. The van der Waals surface area contributed by atoms with E-state index in [1.165, 1.54) is 30.3 Å². The van der Waals surface area contributed by atoms with Crippen molar-refractivity contribution < 1.29 is 22.3 Å². The number of nitrogens with one attached hydrogen (secondary N) is 1. The van der Waals surface area contributed by atoms with E-state index in [4.69, 9.17) is 4.74 Å². The molecule has 1 heterocycles. The molecule has 0 aliphatic rings. The minimum absolute atomic E-state index is 0.0246. The van der Waals surface area contributed by atoms with E-state index in [0.717, 1.165) is 11.3 Å². The predicted molar refractivity (Wildman–Crippen MR) is 80.3 cm³/mol. The molecule has 8 heteroatoms. The summed E-state index contributed by atoms with van der Waals surface area (Å²) >= 11 is 1.10. The Hall–Kier alpha value is -1.77. The highest BCUT2D eigenvalue weighted by atomic mass is 32.2. The fourth-order valence-electron chi connectivity index (χ4n) is 1.59. The Kier molecular flexibility index (Phi) is 5.64. The second-order valence-corrected chi connectivity index (χ2v) is 7.31. The van der Waals surface area contributed by atoms with Crippen LogP contribution < -0.4 is 4.72 Å². The van der Waals surface area contributed by atoms with Gasteiger partial charge in [0.1, 0.15) is 16.6 Å². The molecule has 0 amide bonds. The highest BCUT2D eigenvalue weighted by molar-refractivity contribution is 7.91. The minimum atomic E-state index is -3.57. The Morgan fingerprint density at radius 1 is 1.23 bits per heavy atom. The molecule has 0 aliphatic carbocycles. The second kappa shape index (κ2) is 7.48. The van der Waals surface area contributed by atoms with Gasteiger partial charge in [-0.05, 0) is 29.1 Å². The van der Waals surface area contributed by atoms with Crippen molar-refractivity contribution in [2.75, 3.05) is 6.54 Å². The van der Waals surface area contributed by atoms with E-state index in [2.05, 4.69) is 4.72 Å². The molecule has 2 aromatic rings. The number of hydrogen-bond donors (Lipinski definition) is 1. The lowest BCUT2D eigenvalue weighted by Crippen LogP contribution is -2.26. The number of halogens is 1. The Balaban J connectivity index is 1.73. The number of ether oxygens (including phenoxy) is 1. The molecule has 0 spiro atoms. The minimum Gasteiger partial charge on any atom is -0.461 e. The second-order valence-electron chi connectivity index (χ2n) is 4.37. The summed E-state index contributed by atoms with van der Waals surface area (Å²) in [6, 6.07) is 8.71. The quantitative estimate of drug-likeness (QED) is 0.783. The molecule has 0 saturated heterocycles. The van der Waals surface area contributed by atoms with Crippen LogP contribution in [0.1, 0.15) is 12.0 Å². The summed E-state index contributed by atoms with van der Waals surface area (Å²) in [7, 11) is -3.57. The van der Waals surface area contributed by atoms with Crippen LogP contribution in [-0.2, 0) is 26.2 Å². The van der Waals surface area contributed by atoms with Gasteiger partial charge in [0.15, 0.2) is 0 Å². The third kappa shape index (κ3) is 4.90. The van der Waals surface area contributed by atoms with Gasteiger partial charge in [-0.2, -0.15) is 0 Å². The summed E-state index contributed by atoms with van der Waals surface area (Å²) in [6.45, 7) is -0.0146. The largest absolute Gasteiger partial charge is 0.461 e. The van der Waals surface area contributed by atoms with Gasteiger partial charge in [-0.15, -0.1) is 11.3 Å². The zero-order valence-electron chi connectivity index (χ0n) is 11.5. The molecule has 1 N–H and O–H groups in total. The molecule has 5 nitrogen and oxygen atoms in total. The summed E-state index contributed by atoms with van der Waals surface area (Å²) in [5.41, 5.74) is 0.661. The molecular weight excluding hydrogens is 329 g/mol. The van der Waals surface area contributed by atoms with Crippen molar-refractivity contribution in [2.45, 2.75) is 17.2 Å². The number of hydrogen-bond acceptors (Lipinski definition) is 5. The number of thiophene rings is 1. The first-order chi connectivity index (χ1) is 10.5. The van der Waals surface area contributed by atoms with E-state index in [1.807, 2.05) is 0 Å². The third-order valence-electron chi connectivity index (χ3n) is 2.69.